The SMILES string of the molecule is NC(=O)c1c(-c2cnc(-n3nccn3)c(C(F)(F)F)c2)nn(-c2ncc3[nH]c(=C=O)c4cccc2c34)c1C(F)(F)F. The van der Waals surface area contributed by atoms with Gasteiger partial charge in [0.2, 0.25) is 0 Å². The largest absolute Gasteiger partial charge is 0.434 e. The second kappa shape index (κ2) is 8.72. The van der Waals surface area contributed by atoms with Crippen molar-refractivity contribution >= 4 is 33.5 Å². The Hall–Kier alpha value is -5.57. The molecule has 0 fully saturated rings. The van der Waals surface area contributed by atoms with Gasteiger partial charge in [0.15, 0.2) is 23.3 Å². The molecule has 6 rings (SSSR count). The van der Waals surface area contributed by atoms with E-state index in [2.05, 4.69) is 30.2 Å². The van der Waals surface area contributed by atoms with Crippen LogP contribution in [0.25, 0.3) is 44.6 Å². The molecule has 0 atom stereocenters. The van der Waals surface area contributed by atoms with Crippen molar-refractivity contribution in [3.05, 3.63) is 71.2 Å². The molecular formula is C24H11F6N9O2. The van der Waals surface area contributed by atoms with Gasteiger partial charge in [-0.2, -0.15) is 41.6 Å². The normalized spacial score (nSPS) is 12.3. The third-order valence-electron chi connectivity index (χ3n) is 6.18. The van der Waals surface area contributed by atoms with E-state index < -0.39 is 58.0 Å². The summed E-state index contributed by atoms with van der Waals surface area (Å²) in [5.74, 6) is -1.10. The average Bonchev–Trinajstić information content (AvgIpc) is 3.66. The van der Waals surface area contributed by atoms with Crippen molar-refractivity contribution in [3.63, 3.8) is 0 Å². The van der Waals surface area contributed by atoms with Crippen LogP contribution in [0.1, 0.15) is 21.6 Å². The van der Waals surface area contributed by atoms with E-state index in [0.29, 0.717) is 27.2 Å². The first-order valence-electron chi connectivity index (χ1n) is 11.3. The Morgan fingerprint density at radius 3 is 2.27 bits per heavy atom. The molecule has 0 saturated heterocycles. The van der Waals surface area contributed by atoms with Crippen LogP contribution in [0.5, 0.6) is 0 Å². The Balaban J connectivity index is 1.68. The molecule has 0 bridgehead atoms. The van der Waals surface area contributed by atoms with Crippen molar-refractivity contribution in [1.29, 1.82) is 0 Å². The van der Waals surface area contributed by atoms with E-state index in [1.165, 1.54) is 18.2 Å². The highest BCUT2D eigenvalue weighted by Crippen LogP contribution is 2.41. The van der Waals surface area contributed by atoms with Crippen LogP contribution in [0.15, 0.2) is 49.1 Å². The molecule has 1 amide bonds. The number of H-pyrrole nitrogens is 1. The Kier molecular flexibility index (Phi) is 5.46. The highest BCUT2D eigenvalue weighted by Gasteiger charge is 2.44. The molecule has 206 valence electrons. The van der Waals surface area contributed by atoms with Gasteiger partial charge in [-0.3, -0.25) is 4.79 Å². The molecule has 5 heterocycles. The lowest BCUT2D eigenvalue weighted by molar-refractivity contribution is -0.143. The number of primary amides is 1. The first kappa shape index (κ1) is 25.7. The predicted octanol–water partition coefficient (Wildman–Crippen LogP) is 2.90. The van der Waals surface area contributed by atoms with E-state index in [9.17, 15) is 35.9 Å². The number of halogens is 6. The first-order chi connectivity index (χ1) is 19.4. The number of alkyl halides is 6. The third-order valence-corrected chi connectivity index (χ3v) is 6.18. The van der Waals surface area contributed by atoms with Crippen molar-refractivity contribution < 1.29 is 35.9 Å². The number of carbonyl (C=O) groups is 1. The summed E-state index contributed by atoms with van der Waals surface area (Å²) in [7, 11) is 0. The molecule has 3 N–H and O–H groups in total. The quantitative estimate of drug-likeness (QED) is 0.309. The number of aromatic nitrogens is 8. The van der Waals surface area contributed by atoms with Gasteiger partial charge in [-0.15, -0.1) is 4.80 Å². The van der Waals surface area contributed by atoms with Crippen LogP contribution in [0.4, 0.5) is 26.3 Å². The van der Waals surface area contributed by atoms with E-state index in [1.54, 1.807) is 5.94 Å². The minimum Gasteiger partial charge on any atom is -0.365 e. The minimum atomic E-state index is -5.27. The number of nitrogens with two attached hydrogens (primary N) is 1. The molecule has 0 unspecified atom stereocenters. The van der Waals surface area contributed by atoms with E-state index >= 15 is 0 Å². The van der Waals surface area contributed by atoms with Gasteiger partial charge in [0.05, 0.1) is 29.7 Å². The van der Waals surface area contributed by atoms with Gasteiger partial charge in [0, 0.05) is 27.9 Å². The molecule has 0 aliphatic rings. The monoisotopic (exact) mass is 571 g/mol. The lowest BCUT2D eigenvalue weighted by Gasteiger charge is -2.13. The predicted molar refractivity (Wildman–Crippen MR) is 127 cm³/mol. The molecule has 11 nitrogen and oxygen atoms in total. The van der Waals surface area contributed by atoms with Gasteiger partial charge in [-0.05, 0) is 6.07 Å². The van der Waals surface area contributed by atoms with Gasteiger partial charge in [0.1, 0.15) is 16.6 Å². The van der Waals surface area contributed by atoms with E-state index in [1.807, 2.05) is 0 Å². The zero-order valence-corrected chi connectivity index (χ0v) is 19.9. The van der Waals surface area contributed by atoms with Crippen LogP contribution >= 0.6 is 0 Å². The summed E-state index contributed by atoms with van der Waals surface area (Å²) in [5, 5.41) is 11.9. The Labute approximate surface area is 221 Å². The lowest BCUT2D eigenvalue weighted by Crippen LogP contribution is -2.21. The molecular weight excluding hydrogens is 560 g/mol. The topological polar surface area (TPSA) is 150 Å². The Bertz CT molecular complexity index is 2070. The maximum Gasteiger partial charge on any atom is 0.434 e. The van der Waals surface area contributed by atoms with E-state index in [0.717, 1.165) is 24.8 Å². The molecule has 0 aliphatic carbocycles. The van der Waals surface area contributed by atoms with Crippen LogP contribution in [0, 0.1) is 0 Å². The standard InChI is InChI=1S/C24H11F6N9O2/c25-23(26,27)13-6-10(7-32-22(13)39-34-4-5-35-39)18-17(20(31)41)19(24(28,29)30)38(37-18)21-12-3-1-2-11-15(9-40)36-14(8-33-21)16(11)12/h1-8,36H,(H2,31,41). The fourth-order valence-electron chi connectivity index (χ4n) is 4.59. The molecule has 0 aliphatic heterocycles. The fourth-order valence-corrected chi connectivity index (χ4v) is 4.59. The second-order valence-electron chi connectivity index (χ2n) is 8.58. The molecule has 6 aromatic rings. The fraction of sp³-hybridized carbons (Fsp3) is 0.0833. The highest BCUT2D eigenvalue weighted by molar-refractivity contribution is 6.12. The van der Waals surface area contributed by atoms with Crippen LogP contribution in [0.3, 0.4) is 0 Å². The van der Waals surface area contributed by atoms with Crippen LogP contribution in [-0.2, 0) is 17.1 Å². The summed E-state index contributed by atoms with van der Waals surface area (Å²) in [6, 6.07) is 4.85. The van der Waals surface area contributed by atoms with Gasteiger partial charge >= 0.3 is 12.4 Å². The van der Waals surface area contributed by atoms with Crippen molar-refractivity contribution in [2.45, 2.75) is 12.4 Å². The van der Waals surface area contributed by atoms with Gasteiger partial charge in [-0.25, -0.2) is 19.4 Å². The Morgan fingerprint density at radius 1 is 0.951 bits per heavy atom. The summed E-state index contributed by atoms with van der Waals surface area (Å²) in [6.45, 7) is 0. The Morgan fingerprint density at radius 2 is 1.63 bits per heavy atom. The molecule has 0 spiro atoms. The number of pyridine rings is 2. The molecule has 0 saturated carbocycles. The van der Waals surface area contributed by atoms with Crippen molar-refractivity contribution in [2.24, 2.45) is 5.73 Å². The van der Waals surface area contributed by atoms with Crippen LogP contribution in [-0.4, -0.2) is 51.6 Å². The molecule has 0 radical (unpaired) electrons. The molecule has 5 aromatic heterocycles. The molecule has 1 aromatic carbocycles. The number of nitrogens with one attached hydrogen (secondary N) is 1. The summed E-state index contributed by atoms with van der Waals surface area (Å²) in [5.41, 5.74) is -0.0474. The summed E-state index contributed by atoms with van der Waals surface area (Å²) >= 11 is 0. The first-order valence-corrected chi connectivity index (χ1v) is 11.3. The summed E-state index contributed by atoms with van der Waals surface area (Å²) < 4.78 is 85.8. The highest BCUT2D eigenvalue weighted by atomic mass is 19.4. The third kappa shape index (κ3) is 3.98. The maximum absolute atomic E-state index is 14.5. The maximum atomic E-state index is 14.5. The number of hydrogen-bond donors (Lipinski definition) is 2. The van der Waals surface area contributed by atoms with Crippen LogP contribution < -0.4 is 11.1 Å². The second-order valence-corrected chi connectivity index (χ2v) is 8.58. The van der Waals surface area contributed by atoms with E-state index in [-0.39, 0.29) is 15.4 Å². The molecule has 41 heavy (non-hydrogen) atoms. The zero-order chi connectivity index (χ0) is 29.3. The number of aromatic amines is 1. The summed E-state index contributed by atoms with van der Waals surface area (Å²) in [6.07, 6.45) is -6.18. The van der Waals surface area contributed by atoms with Crippen LogP contribution in [0.2, 0.25) is 0 Å². The van der Waals surface area contributed by atoms with E-state index in [4.69, 9.17) is 5.73 Å². The number of amides is 1. The van der Waals surface area contributed by atoms with Crippen molar-refractivity contribution in [3.8, 4) is 22.9 Å². The van der Waals surface area contributed by atoms with Crippen molar-refractivity contribution in [2.75, 3.05) is 0 Å². The number of carbonyl (C=O) groups excluding carboxylic acids is 2. The van der Waals surface area contributed by atoms with Gasteiger partial charge in [-0.1, -0.05) is 18.2 Å². The number of hydrogen-bond acceptors (Lipinski definition) is 7. The number of benzene rings is 1. The number of rotatable bonds is 4. The minimum absolute atomic E-state index is 0.0251. The molecule has 17 heteroatoms. The van der Waals surface area contributed by atoms with Gasteiger partial charge in [0.25, 0.3) is 5.91 Å². The summed E-state index contributed by atoms with van der Waals surface area (Å²) in [4.78, 5) is 34.9. The average molecular weight is 571 g/mol. The van der Waals surface area contributed by atoms with Gasteiger partial charge < -0.3 is 10.7 Å². The zero-order valence-electron chi connectivity index (χ0n) is 19.9. The smallest absolute Gasteiger partial charge is 0.365 e. The van der Waals surface area contributed by atoms with Crippen molar-refractivity contribution in [1.82, 2.24) is 39.7 Å². The number of nitrogens with zero attached hydrogens (tertiary/aromatic N) is 7. The lowest BCUT2D eigenvalue weighted by atomic mass is 10.0.